The first-order valence-electron chi connectivity index (χ1n) is 3.65. The highest BCUT2D eigenvalue weighted by Crippen LogP contribution is 2.16. The first kappa shape index (κ1) is 9.25. The fraction of sp³-hybridized carbons (Fsp3) is 0.111. The van der Waals surface area contributed by atoms with Gasteiger partial charge in [-0.1, -0.05) is 30.3 Å². The van der Waals surface area contributed by atoms with E-state index in [0.717, 1.165) is 0 Å². The van der Waals surface area contributed by atoms with E-state index in [1.165, 1.54) is 0 Å². The predicted octanol–water partition coefficient (Wildman–Crippen LogP) is 1.44. The SMILES string of the molecule is C=NO[C@@H](C(=O)O)c1ccccc1. The summed E-state index contributed by atoms with van der Waals surface area (Å²) in [5.74, 6) is -1.08. The van der Waals surface area contributed by atoms with Crippen LogP contribution in [0.3, 0.4) is 0 Å². The molecule has 0 radical (unpaired) electrons. The molecule has 68 valence electrons. The van der Waals surface area contributed by atoms with E-state index in [1.807, 2.05) is 0 Å². The lowest BCUT2D eigenvalue weighted by Crippen LogP contribution is -2.12. The zero-order chi connectivity index (χ0) is 9.68. The van der Waals surface area contributed by atoms with E-state index in [4.69, 9.17) is 5.11 Å². The summed E-state index contributed by atoms with van der Waals surface area (Å²) in [5.41, 5.74) is 0.544. The lowest BCUT2D eigenvalue weighted by molar-refractivity contribution is -0.150. The molecule has 0 aliphatic heterocycles. The number of oxime groups is 1. The van der Waals surface area contributed by atoms with Gasteiger partial charge in [-0.3, -0.25) is 0 Å². The first-order chi connectivity index (χ1) is 6.25. The van der Waals surface area contributed by atoms with Crippen LogP contribution in [0, 0.1) is 0 Å². The van der Waals surface area contributed by atoms with Crippen molar-refractivity contribution < 1.29 is 14.7 Å². The normalized spacial score (nSPS) is 11.7. The number of hydrogen-bond donors (Lipinski definition) is 1. The number of carbonyl (C=O) groups is 1. The number of hydrogen-bond acceptors (Lipinski definition) is 3. The molecular weight excluding hydrogens is 170 g/mol. The van der Waals surface area contributed by atoms with Crippen LogP contribution in [0.15, 0.2) is 35.5 Å². The minimum atomic E-state index is -1.08. The molecule has 4 nitrogen and oxygen atoms in total. The summed E-state index contributed by atoms with van der Waals surface area (Å²) in [6.45, 7) is 3.07. The monoisotopic (exact) mass is 179 g/mol. The second kappa shape index (κ2) is 4.25. The molecule has 1 rings (SSSR count). The maximum Gasteiger partial charge on any atom is 0.352 e. The Morgan fingerprint density at radius 3 is 2.54 bits per heavy atom. The molecule has 0 unspecified atom stereocenters. The van der Waals surface area contributed by atoms with Crippen molar-refractivity contribution in [1.82, 2.24) is 0 Å². The third-order valence-electron chi connectivity index (χ3n) is 1.51. The van der Waals surface area contributed by atoms with Gasteiger partial charge in [0.05, 0.1) is 0 Å². The van der Waals surface area contributed by atoms with Gasteiger partial charge in [0.15, 0.2) is 0 Å². The van der Waals surface area contributed by atoms with Crippen molar-refractivity contribution in [3.05, 3.63) is 35.9 Å². The fourth-order valence-electron chi connectivity index (χ4n) is 0.951. The van der Waals surface area contributed by atoms with E-state index >= 15 is 0 Å². The van der Waals surface area contributed by atoms with Gasteiger partial charge >= 0.3 is 5.97 Å². The van der Waals surface area contributed by atoms with Crippen molar-refractivity contribution in [2.75, 3.05) is 0 Å². The van der Waals surface area contributed by atoms with Gasteiger partial charge in [-0.25, -0.2) is 4.79 Å². The lowest BCUT2D eigenvalue weighted by Gasteiger charge is -2.09. The van der Waals surface area contributed by atoms with Gasteiger partial charge in [-0.05, 0) is 0 Å². The molecule has 0 aliphatic rings. The maximum absolute atomic E-state index is 10.7. The van der Waals surface area contributed by atoms with Crippen molar-refractivity contribution in [1.29, 1.82) is 0 Å². The standard InChI is InChI=1S/C9H9NO3/c1-10-13-8(9(11)12)7-5-3-2-4-6-7/h2-6,8H,1H2,(H,11,12)/t8-/m1/s1. The van der Waals surface area contributed by atoms with Gasteiger partial charge in [0.25, 0.3) is 0 Å². The van der Waals surface area contributed by atoms with Crippen LogP contribution >= 0.6 is 0 Å². The molecule has 1 aromatic rings. The molecule has 1 aromatic carbocycles. The Kier molecular flexibility index (Phi) is 3.03. The highest BCUT2D eigenvalue weighted by atomic mass is 16.6. The van der Waals surface area contributed by atoms with Crippen molar-refractivity contribution in [3.8, 4) is 0 Å². The van der Waals surface area contributed by atoms with Crippen LogP contribution in [0.2, 0.25) is 0 Å². The smallest absolute Gasteiger partial charge is 0.352 e. The number of benzene rings is 1. The third kappa shape index (κ3) is 2.30. The van der Waals surface area contributed by atoms with Crippen LogP contribution in [-0.4, -0.2) is 17.8 Å². The van der Waals surface area contributed by atoms with Gasteiger partial charge in [0.1, 0.15) is 0 Å². The van der Waals surface area contributed by atoms with E-state index < -0.39 is 12.1 Å². The summed E-state index contributed by atoms with van der Waals surface area (Å²) in [4.78, 5) is 15.3. The van der Waals surface area contributed by atoms with E-state index in [0.29, 0.717) is 5.56 Å². The molecule has 0 bridgehead atoms. The number of nitrogens with zero attached hydrogens (tertiary/aromatic N) is 1. The quantitative estimate of drug-likeness (QED) is 0.562. The van der Waals surface area contributed by atoms with Gasteiger partial charge in [-0.15, -0.1) is 5.16 Å². The molecule has 0 saturated carbocycles. The largest absolute Gasteiger partial charge is 0.478 e. The Morgan fingerprint density at radius 2 is 2.08 bits per heavy atom. The van der Waals surface area contributed by atoms with Gasteiger partial charge < -0.3 is 9.94 Å². The molecule has 0 heterocycles. The van der Waals surface area contributed by atoms with Crippen LogP contribution in [0.5, 0.6) is 0 Å². The Labute approximate surface area is 75.4 Å². The summed E-state index contributed by atoms with van der Waals surface area (Å²) in [5, 5.41) is 11.8. The summed E-state index contributed by atoms with van der Waals surface area (Å²) < 4.78 is 0. The van der Waals surface area contributed by atoms with Gasteiger partial charge in [0.2, 0.25) is 6.10 Å². The molecule has 1 atom stereocenters. The zero-order valence-corrected chi connectivity index (χ0v) is 6.88. The molecular formula is C9H9NO3. The van der Waals surface area contributed by atoms with Crippen LogP contribution in [0.1, 0.15) is 11.7 Å². The van der Waals surface area contributed by atoms with Gasteiger partial charge in [-0.2, -0.15) is 0 Å². The average molecular weight is 179 g/mol. The topological polar surface area (TPSA) is 58.9 Å². The average Bonchev–Trinajstić information content (AvgIpc) is 2.15. The zero-order valence-electron chi connectivity index (χ0n) is 6.88. The van der Waals surface area contributed by atoms with Crippen LogP contribution in [0.25, 0.3) is 0 Å². The molecule has 13 heavy (non-hydrogen) atoms. The fourth-order valence-corrected chi connectivity index (χ4v) is 0.951. The second-order valence-corrected chi connectivity index (χ2v) is 2.36. The van der Waals surface area contributed by atoms with E-state index in [1.54, 1.807) is 30.3 Å². The Hall–Kier alpha value is -1.84. The van der Waals surface area contributed by atoms with Crippen molar-refractivity contribution in [3.63, 3.8) is 0 Å². The second-order valence-electron chi connectivity index (χ2n) is 2.36. The minimum absolute atomic E-state index is 0.544. The Bertz CT molecular complexity index is 297. The van der Waals surface area contributed by atoms with E-state index in [2.05, 4.69) is 16.7 Å². The molecule has 0 fully saturated rings. The molecule has 0 amide bonds. The molecule has 4 heteroatoms. The summed E-state index contributed by atoms with van der Waals surface area (Å²) >= 11 is 0. The van der Waals surface area contributed by atoms with E-state index in [-0.39, 0.29) is 0 Å². The van der Waals surface area contributed by atoms with Crippen LogP contribution < -0.4 is 0 Å². The molecule has 0 aliphatic carbocycles. The van der Waals surface area contributed by atoms with Crippen LogP contribution in [0.4, 0.5) is 0 Å². The van der Waals surface area contributed by atoms with Crippen molar-refractivity contribution in [2.24, 2.45) is 5.16 Å². The minimum Gasteiger partial charge on any atom is -0.478 e. The van der Waals surface area contributed by atoms with Crippen molar-refractivity contribution in [2.45, 2.75) is 6.10 Å². The molecule has 0 aromatic heterocycles. The predicted molar refractivity (Wildman–Crippen MR) is 47.5 cm³/mol. The Morgan fingerprint density at radius 1 is 1.46 bits per heavy atom. The number of aliphatic carboxylic acids is 1. The lowest BCUT2D eigenvalue weighted by atomic mass is 10.1. The van der Waals surface area contributed by atoms with E-state index in [9.17, 15) is 4.79 Å². The number of carboxylic acids is 1. The first-order valence-corrected chi connectivity index (χ1v) is 3.65. The molecule has 0 spiro atoms. The van der Waals surface area contributed by atoms with Crippen molar-refractivity contribution >= 4 is 12.7 Å². The number of carboxylic acid groups (broad SMARTS) is 1. The van der Waals surface area contributed by atoms with Gasteiger partial charge in [0, 0.05) is 12.3 Å². The molecule has 1 N–H and O–H groups in total. The highest BCUT2D eigenvalue weighted by Gasteiger charge is 2.20. The summed E-state index contributed by atoms with van der Waals surface area (Å²) in [6.07, 6.45) is -1.07. The highest BCUT2D eigenvalue weighted by molar-refractivity contribution is 5.74. The maximum atomic E-state index is 10.7. The summed E-state index contributed by atoms with van der Waals surface area (Å²) in [7, 11) is 0. The summed E-state index contributed by atoms with van der Waals surface area (Å²) in [6, 6.07) is 8.58. The van der Waals surface area contributed by atoms with Crippen LogP contribution in [-0.2, 0) is 9.63 Å². The molecule has 0 saturated heterocycles. The third-order valence-corrected chi connectivity index (χ3v) is 1.51. The number of rotatable bonds is 4. The Balaban J connectivity index is 2.88.